The predicted octanol–water partition coefficient (Wildman–Crippen LogP) is 3.96. The second-order valence-corrected chi connectivity index (χ2v) is 10.5. The first-order valence-electron chi connectivity index (χ1n) is 11.6. The van der Waals surface area contributed by atoms with Crippen LogP contribution in [0.2, 0.25) is 0 Å². The number of nitrogens with zero attached hydrogens (tertiary/aromatic N) is 2. The summed E-state index contributed by atoms with van der Waals surface area (Å²) >= 11 is 0. The number of carbonyl (C=O) groups is 1. The monoisotopic (exact) mass is 456 g/mol. The second kappa shape index (κ2) is 10.0. The van der Waals surface area contributed by atoms with Crippen molar-refractivity contribution in [2.45, 2.75) is 43.9 Å². The fourth-order valence-electron chi connectivity index (χ4n) is 4.66. The van der Waals surface area contributed by atoms with Crippen molar-refractivity contribution in [2.24, 2.45) is 5.92 Å². The molecule has 0 aliphatic carbocycles. The number of carbonyl (C=O) groups excluding carboxylic acids is 1. The van der Waals surface area contributed by atoms with E-state index in [0.717, 1.165) is 32.1 Å². The van der Waals surface area contributed by atoms with E-state index < -0.39 is 10.0 Å². The zero-order chi connectivity index (χ0) is 22.6. The zero-order valence-electron chi connectivity index (χ0n) is 18.7. The van der Waals surface area contributed by atoms with Crippen LogP contribution in [0.3, 0.4) is 0 Å². The van der Waals surface area contributed by atoms with Gasteiger partial charge in [0.25, 0.3) is 5.91 Å². The maximum absolute atomic E-state index is 13.2. The molecule has 0 bridgehead atoms. The first kappa shape index (κ1) is 22.8. The predicted molar refractivity (Wildman–Crippen MR) is 124 cm³/mol. The summed E-state index contributed by atoms with van der Waals surface area (Å²) in [7, 11) is -3.68. The van der Waals surface area contributed by atoms with Gasteiger partial charge in [-0.05, 0) is 68.7 Å². The fraction of sp³-hybridized carbons (Fsp3) is 0.480. The maximum atomic E-state index is 13.2. The van der Waals surface area contributed by atoms with Gasteiger partial charge >= 0.3 is 0 Å². The van der Waals surface area contributed by atoms with Crippen molar-refractivity contribution in [2.75, 3.05) is 32.8 Å². The number of piperidine rings is 1. The van der Waals surface area contributed by atoms with E-state index >= 15 is 0 Å². The van der Waals surface area contributed by atoms with Gasteiger partial charge in [0.1, 0.15) is 10.6 Å². The molecule has 0 radical (unpaired) electrons. The van der Waals surface area contributed by atoms with Crippen LogP contribution in [-0.2, 0) is 16.4 Å². The Morgan fingerprint density at radius 2 is 1.69 bits per heavy atom. The van der Waals surface area contributed by atoms with Crippen LogP contribution in [0.5, 0.6) is 5.75 Å². The smallest absolute Gasteiger partial charge is 0.253 e. The van der Waals surface area contributed by atoms with Gasteiger partial charge in [-0.1, -0.05) is 30.3 Å². The molecule has 0 spiro atoms. The van der Waals surface area contributed by atoms with Crippen molar-refractivity contribution >= 4 is 15.9 Å². The van der Waals surface area contributed by atoms with E-state index in [2.05, 4.69) is 24.3 Å². The van der Waals surface area contributed by atoms with E-state index in [0.29, 0.717) is 50.0 Å². The Hall–Kier alpha value is -2.38. The van der Waals surface area contributed by atoms with Crippen LogP contribution in [0.4, 0.5) is 0 Å². The Labute approximate surface area is 191 Å². The highest BCUT2D eigenvalue weighted by Crippen LogP contribution is 2.31. The van der Waals surface area contributed by atoms with E-state index in [9.17, 15) is 13.2 Å². The summed E-state index contributed by atoms with van der Waals surface area (Å²) < 4.78 is 33.5. The minimum atomic E-state index is -3.68. The SMILES string of the molecule is CCOc1ccc(C(=O)N2CCC(Cc3ccccc3)CC2)cc1S(=O)(=O)N1CCCC1. The van der Waals surface area contributed by atoms with Gasteiger partial charge in [0.05, 0.1) is 6.61 Å². The van der Waals surface area contributed by atoms with Gasteiger partial charge in [0.15, 0.2) is 0 Å². The van der Waals surface area contributed by atoms with E-state index in [-0.39, 0.29) is 10.8 Å². The third-order valence-electron chi connectivity index (χ3n) is 6.44. The Kier molecular flexibility index (Phi) is 7.16. The Balaban J connectivity index is 1.48. The molecule has 7 heteroatoms. The molecule has 2 aromatic carbocycles. The Bertz CT molecular complexity index is 1030. The van der Waals surface area contributed by atoms with Gasteiger partial charge in [0.2, 0.25) is 10.0 Å². The van der Waals surface area contributed by atoms with Gasteiger partial charge in [-0.15, -0.1) is 0 Å². The van der Waals surface area contributed by atoms with Gasteiger partial charge < -0.3 is 9.64 Å². The summed E-state index contributed by atoms with van der Waals surface area (Å²) in [6.45, 7) is 4.60. The first-order valence-corrected chi connectivity index (χ1v) is 13.0. The molecule has 32 heavy (non-hydrogen) atoms. The van der Waals surface area contributed by atoms with Crippen LogP contribution in [0.25, 0.3) is 0 Å². The van der Waals surface area contributed by atoms with Crippen molar-refractivity contribution in [1.29, 1.82) is 0 Å². The highest BCUT2D eigenvalue weighted by atomic mass is 32.2. The highest BCUT2D eigenvalue weighted by Gasteiger charge is 2.32. The average molecular weight is 457 g/mol. The number of ether oxygens (including phenoxy) is 1. The lowest BCUT2D eigenvalue weighted by molar-refractivity contribution is 0.0690. The lowest BCUT2D eigenvalue weighted by atomic mass is 9.90. The lowest BCUT2D eigenvalue weighted by Crippen LogP contribution is -2.39. The molecule has 2 saturated heterocycles. The molecule has 2 fully saturated rings. The van der Waals surface area contributed by atoms with E-state index in [1.54, 1.807) is 12.1 Å². The normalized spacial score (nSPS) is 18.1. The molecule has 0 unspecified atom stereocenters. The number of rotatable bonds is 7. The Morgan fingerprint density at radius 1 is 1.00 bits per heavy atom. The summed E-state index contributed by atoms with van der Waals surface area (Å²) in [6, 6.07) is 15.3. The summed E-state index contributed by atoms with van der Waals surface area (Å²) in [6.07, 6.45) is 4.66. The first-order chi connectivity index (χ1) is 15.5. The lowest BCUT2D eigenvalue weighted by Gasteiger charge is -2.32. The number of benzene rings is 2. The van der Waals surface area contributed by atoms with Gasteiger partial charge in [0, 0.05) is 31.7 Å². The molecule has 0 aromatic heterocycles. The van der Waals surface area contributed by atoms with Crippen molar-refractivity contribution in [3.8, 4) is 5.75 Å². The van der Waals surface area contributed by atoms with Gasteiger partial charge in [-0.2, -0.15) is 4.31 Å². The molecule has 0 N–H and O–H groups in total. The highest BCUT2D eigenvalue weighted by molar-refractivity contribution is 7.89. The molecule has 2 aliphatic rings. The molecule has 0 atom stereocenters. The van der Waals surface area contributed by atoms with Crippen molar-refractivity contribution < 1.29 is 17.9 Å². The molecule has 1 amide bonds. The minimum absolute atomic E-state index is 0.103. The number of likely N-dealkylation sites (tertiary alicyclic amines) is 1. The fourth-order valence-corrected chi connectivity index (χ4v) is 6.33. The van der Waals surface area contributed by atoms with Crippen LogP contribution in [0.15, 0.2) is 53.4 Å². The minimum Gasteiger partial charge on any atom is -0.492 e. The third-order valence-corrected chi connectivity index (χ3v) is 8.36. The van der Waals surface area contributed by atoms with Crippen LogP contribution >= 0.6 is 0 Å². The van der Waals surface area contributed by atoms with E-state index in [1.807, 2.05) is 17.9 Å². The van der Waals surface area contributed by atoms with Crippen LogP contribution in [0, 0.1) is 5.92 Å². The van der Waals surface area contributed by atoms with E-state index in [4.69, 9.17) is 4.74 Å². The molecule has 2 aliphatic heterocycles. The quantitative estimate of drug-likeness (QED) is 0.632. The molecule has 6 nitrogen and oxygen atoms in total. The molecule has 172 valence electrons. The van der Waals surface area contributed by atoms with E-state index in [1.165, 1.54) is 15.9 Å². The standard InChI is InChI=1S/C25H32N2O4S/c1-2-31-23-11-10-22(19-24(23)32(29,30)27-14-6-7-15-27)25(28)26-16-12-21(13-17-26)18-20-8-4-3-5-9-20/h3-5,8-11,19,21H,2,6-7,12-18H2,1H3. The van der Waals surface area contributed by atoms with Gasteiger partial charge in [-0.25, -0.2) is 8.42 Å². The molecule has 4 rings (SSSR count). The molecular weight excluding hydrogens is 424 g/mol. The summed E-state index contributed by atoms with van der Waals surface area (Å²) in [5.74, 6) is 0.773. The number of amides is 1. The Morgan fingerprint density at radius 3 is 2.34 bits per heavy atom. The van der Waals surface area contributed by atoms with Crippen LogP contribution in [-0.4, -0.2) is 56.3 Å². The van der Waals surface area contributed by atoms with Crippen molar-refractivity contribution in [1.82, 2.24) is 9.21 Å². The van der Waals surface area contributed by atoms with Crippen LogP contribution in [0.1, 0.15) is 48.5 Å². The summed E-state index contributed by atoms with van der Waals surface area (Å²) in [5, 5.41) is 0. The van der Waals surface area contributed by atoms with Crippen molar-refractivity contribution in [3.05, 3.63) is 59.7 Å². The molecule has 2 aromatic rings. The van der Waals surface area contributed by atoms with Gasteiger partial charge in [-0.3, -0.25) is 4.79 Å². The topological polar surface area (TPSA) is 66.9 Å². The molecule has 2 heterocycles. The largest absolute Gasteiger partial charge is 0.492 e. The number of sulfonamides is 1. The third kappa shape index (κ3) is 4.99. The zero-order valence-corrected chi connectivity index (χ0v) is 19.5. The molecule has 0 saturated carbocycles. The maximum Gasteiger partial charge on any atom is 0.253 e. The second-order valence-electron chi connectivity index (χ2n) is 8.63. The van der Waals surface area contributed by atoms with Crippen molar-refractivity contribution in [3.63, 3.8) is 0 Å². The number of hydrogen-bond acceptors (Lipinski definition) is 4. The number of hydrogen-bond donors (Lipinski definition) is 0. The van der Waals surface area contributed by atoms with Crippen LogP contribution < -0.4 is 4.74 Å². The average Bonchev–Trinajstić information content (AvgIpc) is 3.36. The summed E-state index contributed by atoms with van der Waals surface area (Å²) in [5.41, 5.74) is 1.74. The summed E-state index contributed by atoms with van der Waals surface area (Å²) in [4.78, 5) is 15.2. The molecular formula is C25H32N2O4S.